The van der Waals surface area contributed by atoms with Gasteiger partial charge in [0.05, 0.1) is 18.9 Å². The minimum Gasteiger partial charge on any atom is -0.495 e. The van der Waals surface area contributed by atoms with Crippen LogP contribution >= 0.6 is 11.6 Å². The molecule has 11 heteroatoms. The van der Waals surface area contributed by atoms with Gasteiger partial charge in [-0.1, -0.05) is 29.8 Å². The lowest BCUT2D eigenvalue weighted by Gasteiger charge is -2.21. The topological polar surface area (TPSA) is 104 Å². The summed E-state index contributed by atoms with van der Waals surface area (Å²) in [5.41, 5.74) is 4.68. The average Bonchev–Trinajstić information content (AvgIpc) is 2.92. The van der Waals surface area contributed by atoms with Crippen molar-refractivity contribution in [2.75, 3.05) is 7.11 Å². The molecule has 2 aromatic heterocycles. The zero-order valence-corrected chi connectivity index (χ0v) is 21.9. The van der Waals surface area contributed by atoms with Crippen molar-refractivity contribution in [3.8, 4) is 16.9 Å². The van der Waals surface area contributed by atoms with Crippen molar-refractivity contribution >= 4 is 23.3 Å². The number of aromatic nitrogens is 2. The second-order valence-corrected chi connectivity index (χ2v) is 9.33. The number of nitrogens with zero attached hydrogens (tertiary/aromatic N) is 2. The van der Waals surface area contributed by atoms with Crippen LogP contribution in [0.4, 0.5) is 13.2 Å². The van der Waals surface area contributed by atoms with E-state index in [4.69, 9.17) is 22.1 Å². The van der Waals surface area contributed by atoms with Gasteiger partial charge in [0.15, 0.2) is 5.78 Å². The number of hydrogen-bond donors (Lipinski definition) is 1. The molecule has 4 aromatic rings. The molecule has 0 radical (unpaired) electrons. The molecule has 1 unspecified atom stereocenters. The third-order valence-corrected chi connectivity index (χ3v) is 6.55. The van der Waals surface area contributed by atoms with Crippen LogP contribution < -0.4 is 16.0 Å². The fourth-order valence-corrected chi connectivity index (χ4v) is 4.54. The summed E-state index contributed by atoms with van der Waals surface area (Å²) in [5.74, 6) is -2.24. The number of hydrogen-bond acceptors (Lipinski definition) is 5. The maximum Gasteiger partial charge on any atom is 0.264 e. The van der Waals surface area contributed by atoms with Crippen molar-refractivity contribution in [1.29, 1.82) is 0 Å². The summed E-state index contributed by atoms with van der Waals surface area (Å²) in [6, 6.07) is 12.5. The Morgan fingerprint density at radius 2 is 1.85 bits per heavy atom. The van der Waals surface area contributed by atoms with Crippen molar-refractivity contribution < 1.29 is 27.5 Å². The van der Waals surface area contributed by atoms with Crippen LogP contribution in [-0.2, 0) is 17.6 Å². The predicted octanol–water partition coefficient (Wildman–Crippen LogP) is 5.34. The summed E-state index contributed by atoms with van der Waals surface area (Å²) in [7, 11) is 1.30. The van der Waals surface area contributed by atoms with Crippen LogP contribution in [0, 0.1) is 5.82 Å². The number of ketones is 1. The van der Waals surface area contributed by atoms with Gasteiger partial charge in [-0.2, -0.15) is 0 Å². The number of amides is 1. The minimum atomic E-state index is -2.85. The smallest absolute Gasteiger partial charge is 0.264 e. The first-order valence-corrected chi connectivity index (χ1v) is 12.4. The summed E-state index contributed by atoms with van der Waals surface area (Å²) < 4.78 is 48.5. The molecule has 0 spiro atoms. The third-order valence-electron chi connectivity index (χ3n) is 6.32. The Morgan fingerprint density at radius 1 is 1.07 bits per heavy atom. The van der Waals surface area contributed by atoms with E-state index in [1.165, 1.54) is 49.8 Å². The van der Waals surface area contributed by atoms with Crippen LogP contribution in [0.5, 0.6) is 5.75 Å². The van der Waals surface area contributed by atoms with Gasteiger partial charge < -0.3 is 15.0 Å². The maximum atomic E-state index is 14.4. The molecule has 7 nitrogen and oxygen atoms in total. The molecule has 4 rings (SSSR count). The summed E-state index contributed by atoms with van der Waals surface area (Å²) in [6.07, 6.45) is -0.321. The van der Waals surface area contributed by atoms with Gasteiger partial charge in [-0.25, -0.2) is 13.2 Å². The largest absolute Gasteiger partial charge is 0.495 e. The quantitative estimate of drug-likeness (QED) is 0.277. The van der Waals surface area contributed by atoms with Crippen LogP contribution in [0.1, 0.15) is 39.6 Å². The SMILES string of the molecule is COc1cn(C(Cc2ccccn2)C(=O)Cc2ccc(C(N)=O)c(F)c2)c(=O)cc1-c1cc(Cl)ccc1C(F)F. The number of methoxy groups -OCH3 is 1. The molecule has 1 atom stereocenters. The molecular weight excluding hydrogens is 547 g/mol. The zero-order valence-electron chi connectivity index (χ0n) is 21.1. The van der Waals surface area contributed by atoms with Gasteiger partial charge in [0.25, 0.3) is 17.9 Å². The van der Waals surface area contributed by atoms with Gasteiger partial charge in [0.2, 0.25) is 0 Å². The molecule has 0 bridgehead atoms. The Morgan fingerprint density at radius 3 is 2.48 bits per heavy atom. The van der Waals surface area contributed by atoms with Crippen LogP contribution in [0.15, 0.2) is 77.9 Å². The van der Waals surface area contributed by atoms with Gasteiger partial charge in [-0.3, -0.25) is 19.4 Å². The Hall–Kier alpha value is -4.44. The highest BCUT2D eigenvalue weighted by atomic mass is 35.5. The number of ether oxygens (including phenoxy) is 1. The van der Waals surface area contributed by atoms with Gasteiger partial charge in [-0.05, 0) is 47.5 Å². The molecule has 0 aliphatic heterocycles. The van der Waals surface area contributed by atoms with E-state index in [-0.39, 0.29) is 51.4 Å². The highest BCUT2D eigenvalue weighted by molar-refractivity contribution is 6.30. The van der Waals surface area contributed by atoms with Crippen molar-refractivity contribution in [1.82, 2.24) is 9.55 Å². The molecule has 40 heavy (non-hydrogen) atoms. The first kappa shape index (κ1) is 28.6. The van der Waals surface area contributed by atoms with Crippen molar-refractivity contribution in [2.24, 2.45) is 5.73 Å². The second kappa shape index (κ2) is 12.2. The van der Waals surface area contributed by atoms with E-state index in [0.29, 0.717) is 5.69 Å². The lowest BCUT2D eigenvalue weighted by Crippen LogP contribution is -2.32. The number of carbonyl (C=O) groups excluding carboxylic acids is 2. The summed E-state index contributed by atoms with van der Waals surface area (Å²) in [4.78, 5) is 42.6. The number of rotatable bonds is 10. The van der Waals surface area contributed by atoms with E-state index in [2.05, 4.69) is 4.98 Å². The molecule has 2 N–H and O–H groups in total. The fraction of sp³-hybridized carbons (Fsp3) is 0.172. The lowest BCUT2D eigenvalue weighted by molar-refractivity contribution is -0.121. The molecular formula is C29H23ClF3N3O4. The summed E-state index contributed by atoms with van der Waals surface area (Å²) >= 11 is 6.06. The first-order chi connectivity index (χ1) is 19.1. The summed E-state index contributed by atoms with van der Waals surface area (Å²) in [6.45, 7) is 0. The number of alkyl halides is 2. The normalized spacial score (nSPS) is 11.8. The standard InChI is InChI=1S/C29H23ClF3N3O4/c1-40-26-15-36(27(38)14-22(26)21-12-17(30)6-8-19(21)28(32)33)24(13-18-4-2-3-9-35-18)25(37)11-16-5-7-20(29(34)39)23(31)10-16/h2-10,12,14-15,24,28H,11,13H2,1H3,(H2,34,39). The van der Waals surface area contributed by atoms with E-state index in [9.17, 15) is 27.6 Å². The maximum absolute atomic E-state index is 14.4. The third kappa shape index (κ3) is 6.23. The Kier molecular flexibility index (Phi) is 8.69. The van der Waals surface area contributed by atoms with Gasteiger partial charge in [-0.15, -0.1) is 0 Å². The predicted molar refractivity (Wildman–Crippen MR) is 143 cm³/mol. The van der Waals surface area contributed by atoms with E-state index < -0.39 is 35.5 Å². The van der Waals surface area contributed by atoms with Gasteiger partial charge >= 0.3 is 0 Å². The van der Waals surface area contributed by atoms with Crippen LogP contribution in [0.3, 0.4) is 0 Å². The minimum absolute atomic E-state index is 0.00335. The number of nitrogens with two attached hydrogens (primary N) is 1. The van der Waals surface area contributed by atoms with Gasteiger partial charge in [0.1, 0.15) is 17.6 Å². The van der Waals surface area contributed by atoms with Crippen molar-refractivity contribution in [3.05, 3.63) is 117 Å². The van der Waals surface area contributed by atoms with Gasteiger partial charge in [0, 0.05) is 46.9 Å². The number of benzene rings is 2. The highest BCUT2D eigenvalue weighted by Crippen LogP contribution is 2.37. The van der Waals surface area contributed by atoms with Crippen LogP contribution in [0.2, 0.25) is 5.02 Å². The van der Waals surface area contributed by atoms with E-state index in [0.717, 1.165) is 16.7 Å². The number of Topliss-reactive ketones (excluding diaryl/α,β-unsaturated/α-hetero) is 1. The molecule has 0 aliphatic rings. The molecule has 1 amide bonds. The second-order valence-electron chi connectivity index (χ2n) is 8.90. The number of primary amides is 1. The zero-order chi connectivity index (χ0) is 29.0. The first-order valence-electron chi connectivity index (χ1n) is 12.0. The number of pyridine rings is 2. The molecule has 0 saturated carbocycles. The molecule has 2 heterocycles. The Balaban J connectivity index is 1.80. The van der Waals surface area contributed by atoms with Crippen molar-refractivity contribution in [3.63, 3.8) is 0 Å². The highest BCUT2D eigenvalue weighted by Gasteiger charge is 2.26. The molecule has 0 saturated heterocycles. The lowest BCUT2D eigenvalue weighted by atomic mass is 9.97. The average molecular weight is 570 g/mol. The van der Waals surface area contributed by atoms with Crippen molar-refractivity contribution in [2.45, 2.75) is 25.3 Å². The molecule has 0 fully saturated rings. The van der Waals surface area contributed by atoms with Crippen LogP contribution in [-0.4, -0.2) is 28.4 Å². The monoisotopic (exact) mass is 569 g/mol. The number of carbonyl (C=O) groups is 2. The summed E-state index contributed by atoms with van der Waals surface area (Å²) in [5, 5.41) is 0.184. The van der Waals surface area contributed by atoms with E-state index in [1.54, 1.807) is 18.2 Å². The molecule has 2 aromatic carbocycles. The Bertz CT molecular complexity index is 1630. The van der Waals surface area contributed by atoms with E-state index in [1.807, 2.05) is 0 Å². The molecule has 0 aliphatic carbocycles. The molecule has 206 valence electrons. The Labute approximate surface area is 232 Å². The number of halogens is 4. The van der Waals surface area contributed by atoms with E-state index >= 15 is 0 Å². The fourth-order valence-electron chi connectivity index (χ4n) is 4.37. The van der Waals surface area contributed by atoms with Crippen LogP contribution in [0.25, 0.3) is 11.1 Å².